The highest BCUT2D eigenvalue weighted by Gasteiger charge is 2.54. The second-order valence-electron chi connectivity index (χ2n) is 13.0. The lowest BCUT2D eigenvalue weighted by Crippen LogP contribution is -2.51. The number of halogens is 3. The van der Waals surface area contributed by atoms with E-state index >= 15 is 0 Å². The fourth-order valence-electron chi connectivity index (χ4n) is 6.09. The quantitative estimate of drug-likeness (QED) is 0.384. The average Bonchev–Trinajstić information content (AvgIpc) is 3.69. The van der Waals surface area contributed by atoms with Gasteiger partial charge in [-0.05, 0) is 76.4 Å². The van der Waals surface area contributed by atoms with Crippen molar-refractivity contribution >= 4 is 34.3 Å². The van der Waals surface area contributed by atoms with E-state index in [1.54, 1.807) is 39.0 Å². The highest BCUT2D eigenvalue weighted by molar-refractivity contribution is 6.01. The monoisotopic (exact) mass is 658 g/mol. The summed E-state index contributed by atoms with van der Waals surface area (Å²) in [6.07, 6.45) is -2.32. The molecule has 2 N–H and O–H groups in total. The van der Waals surface area contributed by atoms with Gasteiger partial charge in [-0.25, -0.2) is 9.78 Å². The molecule has 3 heterocycles. The summed E-state index contributed by atoms with van der Waals surface area (Å²) >= 11 is 0. The fraction of sp³-hybridized carbons (Fsp3) is 0.500. The summed E-state index contributed by atoms with van der Waals surface area (Å²) in [5, 5.41) is 5.83. The molecule has 15 heteroatoms. The molecule has 2 amide bonds. The molecule has 47 heavy (non-hydrogen) atoms. The first kappa shape index (κ1) is 32.6. The van der Waals surface area contributed by atoms with E-state index in [4.69, 9.17) is 9.47 Å². The predicted octanol–water partition coefficient (Wildman–Crippen LogP) is 4.19. The molecule has 0 unspecified atom stereocenters. The Kier molecular flexibility index (Phi) is 8.55. The van der Waals surface area contributed by atoms with E-state index in [0.717, 1.165) is 11.8 Å². The lowest BCUT2D eigenvalue weighted by atomic mass is 10.1. The molecule has 0 radical (unpaired) electrons. The van der Waals surface area contributed by atoms with Gasteiger partial charge in [-0.3, -0.25) is 19.1 Å². The van der Waals surface area contributed by atoms with Crippen LogP contribution in [0.2, 0.25) is 0 Å². The third-order valence-electron chi connectivity index (χ3n) is 8.49. The number of carbonyl (C=O) groups is 2. The number of hydrogen-bond acceptors (Lipinski definition) is 9. The number of carbonyl (C=O) groups excluding carboxylic acids is 2. The van der Waals surface area contributed by atoms with Crippen LogP contribution in [0.25, 0.3) is 16.6 Å². The first-order valence-electron chi connectivity index (χ1n) is 15.5. The minimum Gasteiger partial charge on any atom is -0.444 e. The zero-order valence-electron chi connectivity index (χ0n) is 26.4. The van der Waals surface area contributed by atoms with Gasteiger partial charge >= 0.3 is 12.5 Å². The topological polar surface area (TPSA) is 127 Å². The van der Waals surface area contributed by atoms with Crippen LogP contribution in [0.4, 0.5) is 29.3 Å². The lowest BCUT2D eigenvalue weighted by Gasteiger charge is -2.34. The van der Waals surface area contributed by atoms with Gasteiger partial charge in [0.25, 0.3) is 5.56 Å². The van der Waals surface area contributed by atoms with Gasteiger partial charge in [-0.1, -0.05) is 0 Å². The second kappa shape index (κ2) is 12.3. The zero-order valence-corrected chi connectivity index (χ0v) is 26.4. The molecular formula is C32H37F3N6O6. The average molecular weight is 659 g/mol. The number of nitrogens with one attached hydrogen (secondary N) is 2. The van der Waals surface area contributed by atoms with Crippen molar-refractivity contribution in [3.63, 3.8) is 0 Å². The van der Waals surface area contributed by atoms with Crippen LogP contribution in [0.3, 0.4) is 0 Å². The van der Waals surface area contributed by atoms with Crippen LogP contribution >= 0.6 is 0 Å². The first-order chi connectivity index (χ1) is 22.2. The number of aromatic nitrogens is 2. The van der Waals surface area contributed by atoms with Crippen LogP contribution in [0.1, 0.15) is 40.0 Å². The summed E-state index contributed by atoms with van der Waals surface area (Å²) in [4.78, 5) is 47.8. The van der Waals surface area contributed by atoms with Gasteiger partial charge in [0, 0.05) is 31.9 Å². The Morgan fingerprint density at radius 2 is 1.74 bits per heavy atom. The van der Waals surface area contributed by atoms with E-state index in [1.807, 2.05) is 4.90 Å². The van der Waals surface area contributed by atoms with Crippen LogP contribution in [0, 0.1) is 0 Å². The van der Waals surface area contributed by atoms with Crippen molar-refractivity contribution in [2.45, 2.75) is 63.6 Å². The number of amides is 2. The van der Waals surface area contributed by atoms with Gasteiger partial charge < -0.3 is 29.7 Å². The van der Waals surface area contributed by atoms with E-state index in [2.05, 4.69) is 25.3 Å². The van der Waals surface area contributed by atoms with Crippen LogP contribution < -0.4 is 25.8 Å². The number of anilines is 2. The number of hydrogen-bond donors (Lipinski definition) is 2. The summed E-state index contributed by atoms with van der Waals surface area (Å²) < 4.78 is 56.0. The van der Waals surface area contributed by atoms with E-state index in [0.29, 0.717) is 69.6 Å². The summed E-state index contributed by atoms with van der Waals surface area (Å²) in [6.45, 7) is 8.65. The molecular weight excluding hydrogens is 621 g/mol. The van der Waals surface area contributed by atoms with Gasteiger partial charge in [0.2, 0.25) is 5.91 Å². The number of alkyl halides is 3. The van der Waals surface area contributed by atoms with Crippen LogP contribution in [0.5, 0.6) is 5.75 Å². The summed E-state index contributed by atoms with van der Waals surface area (Å²) in [5.41, 5.74) is -0.629. The maximum Gasteiger partial charge on any atom is 0.573 e. The SMILES string of the molecule is CC(C)(C)OC(=O)N[C@@H]1CCN(c2ccc3c(=O)n(-c4ccc(OC(F)(F)F)c(NC(=O)C5(N6CCOCC6)CC5)c4)cnc3c2)C1. The minimum atomic E-state index is -5.00. The van der Waals surface area contributed by atoms with Gasteiger partial charge in [-0.2, -0.15) is 0 Å². The van der Waals surface area contributed by atoms with Crippen LogP contribution in [-0.2, 0) is 14.3 Å². The molecule has 6 rings (SSSR count). The third kappa shape index (κ3) is 7.30. The molecule has 1 aliphatic carbocycles. The third-order valence-corrected chi connectivity index (χ3v) is 8.49. The standard InChI is InChI=1S/C32H37F3N6O6/c1-30(2,3)47-29(44)37-20-8-11-39(18-20)21-4-6-23-24(16-21)36-19-41(27(23)42)22-5-7-26(46-32(33,34)35)25(17-22)38-28(43)31(9-10-31)40-12-14-45-15-13-40/h4-7,16-17,19-20H,8-15,18H2,1-3H3,(H,37,44)(H,38,43)/t20-/m1/s1. The Hall–Kier alpha value is -4.37. The smallest absolute Gasteiger partial charge is 0.444 e. The largest absolute Gasteiger partial charge is 0.573 e. The molecule has 2 aromatic carbocycles. The Morgan fingerprint density at radius 3 is 2.43 bits per heavy atom. The summed E-state index contributed by atoms with van der Waals surface area (Å²) in [6, 6.07) is 8.76. The Bertz CT molecular complexity index is 1730. The molecule has 1 saturated carbocycles. The molecule has 1 aromatic heterocycles. The molecule has 0 bridgehead atoms. The second-order valence-corrected chi connectivity index (χ2v) is 13.0. The predicted molar refractivity (Wildman–Crippen MR) is 167 cm³/mol. The highest BCUT2D eigenvalue weighted by atomic mass is 19.4. The Labute approximate surface area is 268 Å². The van der Waals surface area contributed by atoms with Gasteiger partial charge in [-0.15, -0.1) is 13.2 Å². The van der Waals surface area contributed by atoms with Crippen molar-refractivity contribution < 1.29 is 37.0 Å². The van der Waals surface area contributed by atoms with Crippen LogP contribution in [0.15, 0.2) is 47.5 Å². The number of nitrogens with zero attached hydrogens (tertiary/aromatic N) is 4. The van der Waals surface area contributed by atoms with Crippen molar-refractivity contribution in [2.24, 2.45) is 0 Å². The summed E-state index contributed by atoms with van der Waals surface area (Å²) in [7, 11) is 0. The molecule has 0 spiro atoms. The highest BCUT2D eigenvalue weighted by Crippen LogP contribution is 2.44. The molecule has 2 aliphatic heterocycles. The van der Waals surface area contributed by atoms with Gasteiger partial charge in [0.05, 0.1) is 41.5 Å². The Morgan fingerprint density at radius 1 is 1.02 bits per heavy atom. The molecule has 3 aromatic rings. The lowest BCUT2D eigenvalue weighted by molar-refractivity contribution is -0.274. The normalized spacial score (nSPS) is 19.8. The van der Waals surface area contributed by atoms with E-state index in [-0.39, 0.29) is 17.4 Å². The molecule has 3 aliphatic rings. The minimum absolute atomic E-state index is 0.107. The van der Waals surface area contributed by atoms with E-state index < -0.39 is 40.8 Å². The number of fused-ring (bicyclic) bond motifs is 1. The number of benzene rings is 2. The number of rotatable bonds is 7. The molecule has 2 saturated heterocycles. The van der Waals surface area contributed by atoms with Gasteiger partial charge in [0.1, 0.15) is 17.5 Å². The summed E-state index contributed by atoms with van der Waals surface area (Å²) in [5.74, 6) is -1.03. The van der Waals surface area contributed by atoms with E-state index in [1.165, 1.54) is 23.0 Å². The molecule has 12 nitrogen and oxygen atoms in total. The van der Waals surface area contributed by atoms with Gasteiger partial charge in [0.15, 0.2) is 5.75 Å². The number of alkyl carbamates (subject to hydrolysis) is 1. The molecule has 1 atom stereocenters. The Balaban J connectivity index is 1.23. The van der Waals surface area contributed by atoms with Crippen molar-refractivity contribution in [1.82, 2.24) is 19.8 Å². The van der Waals surface area contributed by atoms with Crippen molar-refractivity contribution in [2.75, 3.05) is 49.6 Å². The van der Waals surface area contributed by atoms with Crippen molar-refractivity contribution in [3.8, 4) is 11.4 Å². The van der Waals surface area contributed by atoms with Crippen molar-refractivity contribution in [3.05, 3.63) is 53.1 Å². The number of morpholine rings is 1. The van der Waals surface area contributed by atoms with Crippen molar-refractivity contribution in [1.29, 1.82) is 0 Å². The maximum absolute atomic E-state index is 13.6. The van der Waals surface area contributed by atoms with E-state index in [9.17, 15) is 27.6 Å². The number of ether oxygens (including phenoxy) is 3. The maximum atomic E-state index is 13.6. The van der Waals surface area contributed by atoms with Crippen LogP contribution in [-0.4, -0.2) is 89.4 Å². The zero-order chi connectivity index (χ0) is 33.6. The fourth-order valence-corrected chi connectivity index (χ4v) is 6.09. The molecule has 3 fully saturated rings. The molecule has 252 valence electrons. The first-order valence-corrected chi connectivity index (χ1v) is 15.5.